The van der Waals surface area contributed by atoms with Gasteiger partial charge in [-0.3, -0.25) is 4.79 Å². The fraction of sp³-hybridized carbons (Fsp3) is 0.647. The molecule has 0 aromatic carbocycles. The van der Waals surface area contributed by atoms with Crippen molar-refractivity contribution in [1.82, 2.24) is 10.3 Å². The van der Waals surface area contributed by atoms with Crippen LogP contribution in [-0.4, -0.2) is 24.5 Å². The van der Waals surface area contributed by atoms with Gasteiger partial charge in [-0.2, -0.15) is 0 Å². The predicted octanol–water partition coefficient (Wildman–Crippen LogP) is 3.39. The molecule has 0 spiro atoms. The lowest BCUT2D eigenvalue weighted by molar-refractivity contribution is 0.0952. The third-order valence-corrected chi connectivity index (χ3v) is 4.31. The Balaban J connectivity index is 1.81. The topological polar surface area (TPSA) is 54.0 Å². The number of amides is 1. The number of nitrogens with one attached hydrogen (secondary N) is 2. The predicted molar refractivity (Wildman–Crippen MR) is 86.7 cm³/mol. The highest BCUT2D eigenvalue weighted by Gasteiger charge is 2.14. The van der Waals surface area contributed by atoms with Crippen LogP contribution in [0.3, 0.4) is 0 Å². The van der Waals surface area contributed by atoms with E-state index in [0.29, 0.717) is 5.56 Å². The summed E-state index contributed by atoms with van der Waals surface area (Å²) < 4.78 is 0. The molecular formula is C17H27N3O. The van der Waals surface area contributed by atoms with Crippen molar-refractivity contribution in [3.8, 4) is 0 Å². The Labute approximate surface area is 127 Å². The van der Waals surface area contributed by atoms with Gasteiger partial charge in [0.25, 0.3) is 5.91 Å². The molecule has 2 rings (SSSR count). The minimum absolute atomic E-state index is 0.00928. The molecule has 21 heavy (non-hydrogen) atoms. The first-order valence-corrected chi connectivity index (χ1v) is 8.19. The second-order valence-corrected chi connectivity index (χ2v) is 5.88. The van der Waals surface area contributed by atoms with E-state index in [1.165, 1.54) is 32.1 Å². The maximum atomic E-state index is 12.2. The van der Waals surface area contributed by atoms with Gasteiger partial charge in [0.1, 0.15) is 5.82 Å². The molecule has 0 radical (unpaired) electrons. The maximum Gasteiger partial charge on any atom is 0.251 e. The van der Waals surface area contributed by atoms with Crippen LogP contribution in [0.25, 0.3) is 0 Å². The molecule has 1 heterocycles. The van der Waals surface area contributed by atoms with Gasteiger partial charge in [0.05, 0.1) is 0 Å². The average molecular weight is 289 g/mol. The largest absolute Gasteiger partial charge is 0.373 e. The van der Waals surface area contributed by atoms with Crippen LogP contribution in [0.15, 0.2) is 12.1 Å². The molecule has 4 heteroatoms. The van der Waals surface area contributed by atoms with Gasteiger partial charge < -0.3 is 10.6 Å². The fourth-order valence-corrected chi connectivity index (χ4v) is 3.02. The summed E-state index contributed by atoms with van der Waals surface area (Å²) in [6, 6.07) is 3.69. The molecule has 1 fully saturated rings. The van der Waals surface area contributed by atoms with Crippen molar-refractivity contribution in [3.63, 3.8) is 0 Å². The van der Waals surface area contributed by atoms with Crippen molar-refractivity contribution in [1.29, 1.82) is 0 Å². The van der Waals surface area contributed by atoms with E-state index in [-0.39, 0.29) is 5.91 Å². The third kappa shape index (κ3) is 4.73. The maximum absolute atomic E-state index is 12.2. The Morgan fingerprint density at radius 1 is 1.33 bits per heavy atom. The van der Waals surface area contributed by atoms with Gasteiger partial charge >= 0.3 is 0 Å². The summed E-state index contributed by atoms with van der Waals surface area (Å²) >= 11 is 0. The summed E-state index contributed by atoms with van der Waals surface area (Å²) in [7, 11) is 1.82. The van der Waals surface area contributed by atoms with Crippen molar-refractivity contribution in [2.45, 2.75) is 51.9 Å². The van der Waals surface area contributed by atoms with E-state index >= 15 is 0 Å². The molecule has 1 aliphatic carbocycles. The third-order valence-electron chi connectivity index (χ3n) is 4.31. The van der Waals surface area contributed by atoms with E-state index in [1.54, 1.807) is 0 Å². The van der Waals surface area contributed by atoms with Crippen LogP contribution in [0.1, 0.15) is 61.5 Å². The number of hydrogen-bond acceptors (Lipinski definition) is 3. The molecule has 0 aliphatic heterocycles. The van der Waals surface area contributed by atoms with E-state index in [9.17, 15) is 4.79 Å². The second kappa shape index (κ2) is 8.01. The van der Waals surface area contributed by atoms with Crippen LogP contribution in [0.4, 0.5) is 5.82 Å². The van der Waals surface area contributed by atoms with Gasteiger partial charge in [0.15, 0.2) is 0 Å². The molecule has 116 valence electrons. The zero-order chi connectivity index (χ0) is 15.1. The number of aromatic nitrogens is 1. The first kappa shape index (κ1) is 15.8. The normalized spacial score (nSPS) is 15.1. The average Bonchev–Trinajstić information content (AvgIpc) is 3.04. The van der Waals surface area contributed by atoms with Crippen LogP contribution < -0.4 is 10.6 Å². The number of aryl methyl sites for hydroxylation is 1. The summed E-state index contributed by atoms with van der Waals surface area (Å²) in [5, 5.41) is 6.04. The van der Waals surface area contributed by atoms with Crippen molar-refractivity contribution >= 4 is 11.7 Å². The summed E-state index contributed by atoms with van der Waals surface area (Å²) in [4.78, 5) is 16.6. The van der Waals surface area contributed by atoms with Crippen molar-refractivity contribution in [3.05, 3.63) is 23.4 Å². The van der Waals surface area contributed by atoms with Gasteiger partial charge in [-0.15, -0.1) is 0 Å². The van der Waals surface area contributed by atoms with E-state index < -0.39 is 0 Å². The number of carbonyl (C=O) groups excluding carboxylic acids is 1. The van der Waals surface area contributed by atoms with Crippen molar-refractivity contribution in [2.75, 3.05) is 18.9 Å². The SMILES string of the molecule is CCc1cc(C(=O)NCCCC2CCCC2)cc(NC)n1. The van der Waals surface area contributed by atoms with Crippen molar-refractivity contribution < 1.29 is 4.79 Å². The standard InChI is InChI=1S/C17H27N3O/c1-3-15-11-14(12-16(18-2)20-15)17(21)19-10-6-9-13-7-4-5-8-13/h11-13H,3-10H2,1-2H3,(H,18,20)(H,19,21). The Morgan fingerprint density at radius 2 is 2.10 bits per heavy atom. The van der Waals surface area contributed by atoms with Crippen LogP contribution >= 0.6 is 0 Å². The molecule has 0 atom stereocenters. The number of anilines is 1. The van der Waals surface area contributed by atoms with E-state index in [4.69, 9.17) is 0 Å². The summed E-state index contributed by atoms with van der Waals surface area (Å²) in [5.74, 6) is 1.66. The number of rotatable bonds is 7. The van der Waals surface area contributed by atoms with Gasteiger partial charge in [-0.1, -0.05) is 32.6 Å². The fourth-order valence-electron chi connectivity index (χ4n) is 3.02. The van der Waals surface area contributed by atoms with Crippen LogP contribution in [-0.2, 0) is 6.42 Å². The summed E-state index contributed by atoms with van der Waals surface area (Å²) in [6.07, 6.45) is 8.70. The monoisotopic (exact) mass is 289 g/mol. The Kier molecular flexibility index (Phi) is 6.03. The Bertz CT molecular complexity index is 445. The first-order chi connectivity index (χ1) is 10.2. The van der Waals surface area contributed by atoms with E-state index in [0.717, 1.165) is 36.8 Å². The Hall–Kier alpha value is -1.58. The number of pyridine rings is 1. The molecule has 1 aliphatic rings. The zero-order valence-corrected chi connectivity index (χ0v) is 13.2. The van der Waals surface area contributed by atoms with E-state index in [1.807, 2.05) is 26.1 Å². The van der Waals surface area contributed by atoms with E-state index in [2.05, 4.69) is 15.6 Å². The smallest absolute Gasteiger partial charge is 0.251 e. The van der Waals surface area contributed by atoms with Crippen LogP contribution in [0.2, 0.25) is 0 Å². The molecule has 1 aromatic rings. The van der Waals surface area contributed by atoms with Gasteiger partial charge in [0, 0.05) is 24.8 Å². The number of carbonyl (C=O) groups is 1. The van der Waals surface area contributed by atoms with Crippen LogP contribution in [0, 0.1) is 5.92 Å². The van der Waals surface area contributed by atoms with Crippen LogP contribution in [0.5, 0.6) is 0 Å². The molecule has 0 bridgehead atoms. The lowest BCUT2D eigenvalue weighted by Gasteiger charge is -2.10. The first-order valence-electron chi connectivity index (χ1n) is 8.19. The molecule has 1 aromatic heterocycles. The highest BCUT2D eigenvalue weighted by Crippen LogP contribution is 2.28. The van der Waals surface area contributed by atoms with Gasteiger partial charge in [0.2, 0.25) is 0 Å². The number of nitrogens with zero attached hydrogens (tertiary/aromatic N) is 1. The highest BCUT2D eigenvalue weighted by molar-refractivity contribution is 5.94. The molecule has 0 unspecified atom stereocenters. The zero-order valence-electron chi connectivity index (χ0n) is 13.2. The van der Waals surface area contributed by atoms with Gasteiger partial charge in [-0.05, 0) is 37.3 Å². The minimum atomic E-state index is 0.00928. The summed E-state index contributed by atoms with van der Waals surface area (Å²) in [6.45, 7) is 2.82. The number of hydrogen-bond donors (Lipinski definition) is 2. The molecule has 1 amide bonds. The van der Waals surface area contributed by atoms with Gasteiger partial charge in [-0.25, -0.2) is 4.98 Å². The molecule has 1 saturated carbocycles. The minimum Gasteiger partial charge on any atom is -0.373 e. The molecule has 4 nitrogen and oxygen atoms in total. The lowest BCUT2D eigenvalue weighted by atomic mass is 10.0. The van der Waals surface area contributed by atoms with Crippen molar-refractivity contribution in [2.24, 2.45) is 5.92 Å². The molecule has 2 N–H and O–H groups in total. The quantitative estimate of drug-likeness (QED) is 0.757. The second-order valence-electron chi connectivity index (χ2n) is 5.88. The molecule has 0 saturated heterocycles. The highest BCUT2D eigenvalue weighted by atomic mass is 16.1. The Morgan fingerprint density at radius 3 is 2.76 bits per heavy atom. The molecular weight excluding hydrogens is 262 g/mol. The lowest BCUT2D eigenvalue weighted by Crippen LogP contribution is -2.25. The summed E-state index contributed by atoms with van der Waals surface area (Å²) in [5.41, 5.74) is 1.64.